The fourth-order valence-corrected chi connectivity index (χ4v) is 1.12. The van der Waals surface area contributed by atoms with E-state index >= 15 is 0 Å². The van der Waals surface area contributed by atoms with E-state index in [2.05, 4.69) is 0 Å². The number of nitro groups is 1. The van der Waals surface area contributed by atoms with Crippen molar-refractivity contribution in [2.45, 2.75) is 6.10 Å². The Morgan fingerprint density at radius 3 is 2.57 bits per heavy atom. The van der Waals surface area contributed by atoms with Crippen LogP contribution in [0.1, 0.15) is 11.7 Å². The molecule has 1 atom stereocenters. The number of halogens is 1. The number of aliphatic hydroxyl groups excluding tert-OH is 1. The van der Waals surface area contributed by atoms with Crippen molar-refractivity contribution >= 4 is 22.5 Å². The Morgan fingerprint density at radius 1 is 1.50 bits per heavy atom. The van der Waals surface area contributed by atoms with Crippen LogP contribution in [0.15, 0.2) is 24.3 Å². The van der Waals surface area contributed by atoms with Crippen LogP contribution in [0.25, 0.3) is 0 Å². The third-order valence-corrected chi connectivity index (χ3v) is 1.85. The Labute approximate surface area is 84.1 Å². The van der Waals surface area contributed by atoms with Gasteiger partial charge in [0.25, 0.3) is 10.9 Å². The number of nitro benzene ring substituents is 1. The molecule has 0 aliphatic heterocycles. The summed E-state index contributed by atoms with van der Waals surface area (Å²) >= 11 is 5.03. The number of aliphatic hydroxyl groups is 1. The molecule has 0 amide bonds. The second-order valence-corrected chi connectivity index (χ2v) is 2.90. The van der Waals surface area contributed by atoms with Crippen molar-refractivity contribution in [3.63, 3.8) is 0 Å². The zero-order chi connectivity index (χ0) is 10.7. The minimum atomic E-state index is -1.65. The highest BCUT2D eigenvalue weighted by molar-refractivity contribution is 6.64. The van der Waals surface area contributed by atoms with Crippen LogP contribution in [0.3, 0.4) is 0 Å². The number of hydrogen-bond acceptors (Lipinski definition) is 4. The molecule has 1 unspecified atom stereocenters. The first-order valence-corrected chi connectivity index (χ1v) is 4.02. The van der Waals surface area contributed by atoms with Gasteiger partial charge in [-0.3, -0.25) is 14.9 Å². The summed E-state index contributed by atoms with van der Waals surface area (Å²) in [5, 5.41) is 18.7. The van der Waals surface area contributed by atoms with Gasteiger partial charge in [0, 0.05) is 6.07 Å². The molecule has 0 aromatic heterocycles. The summed E-state index contributed by atoms with van der Waals surface area (Å²) in [5.74, 6) is 0. The molecule has 0 heterocycles. The first kappa shape index (κ1) is 10.6. The first-order chi connectivity index (χ1) is 6.54. The fraction of sp³-hybridized carbons (Fsp3) is 0.125. The minimum Gasteiger partial charge on any atom is -0.379 e. The van der Waals surface area contributed by atoms with Crippen LogP contribution in [0.4, 0.5) is 5.69 Å². The van der Waals surface area contributed by atoms with Crippen LogP contribution < -0.4 is 0 Å². The minimum absolute atomic E-state index is 0.0995. The van der Waals surface area contributed by atoms with Gasteiger partial charge in [-0.25, -0.2) is 0 Å². The van der Waals surface area contributed by atoms with Gasteiger partial charge < -0.3 is 5.11 Å². The molecule has 0 bridgehead atoms. The predicted octanol–water partition coefficient (Wildman–Crippen LogP) is 1.39. The number of carbonyl (C=O) groups excluding carboxylic acids is 1. The second-order valence-electron chi connectivity index (χ2n) is 2.52. The largest absolute Gasteiger partial charge is 0.379 e. The van der Waals surface area contributed by atoms with Gasteiger partial charge in [-0.2, -0.15) is 0 Å². The van der Waals surface area contributed by atoms with Crippen molar-refractivity contribution in [2.24, 2.45) is 0 Å². The number of carbonyl (C=O) groups is 1. The molecule has 0 saturated heterocycles. The van der Waals surface area contributed by atoms with E-state index in [-0.39, 0.29) is 11.3 Å². The van der Waals surface area contributed by atoms with Crippen LogP contribution >= 0.6 is 11.6 Å². The zero-order valence-electron chi connectivity index (χ0n) is 6.88. The molecule has 1 rings (SSSR count). The van der Waals surface area contributed by atoms with Crippen molar-refractivity contribution in [2.75, 3.05) is 0 Å². The lowest BCUT2D eigenvalue weighted by Crippen LogP contribution is -2.07. The Bertz CT molecular complexity index is 379. The summed E-state index contributed by atoms with van der Waals surface area (Å²) in [6, 6.07) is 5.39. The summed E-state index contributed by atoms with van der Waals surface area (Å²) in [4.78, 5) is 20.4. The second kappa shape index (κ2) is 4.17. The Hall–Kier alpha value is -1.46. The maximum absolute atomic E-state index is 10.6. The molecule has 1 N–H and O–H groups in total. The molecule has 1 aromatic carbocycles. The van der Waals surface area contributed by atoms with E-state index < -0.39 is 16.3 Å². The van der Waals surface area contributed by atoms with Crippen LogP contribution in [0.2, 0.25) is 0 Å². The highest BCUT2D eigenvalue weighted by atomic mass is 35.5. The molecule has 14 heavy (non-hydrogen) atoms. The summed E-state index contributed by atoms with van der Waals surface area (Å²) in [5.41, 5.74) is -0.425. The predicted molar refractivity (Wildman–Crippen MR) is 48.9 cm³/mol. The summed E-state index contributed by atoms with van der Waals surface area (Å²) in [6.45, 7) is 0. The van der Waals surface area contributed by atoms with E-state index in [0.29, 0.717) is 0 Å². The lowest BCUT2D eigenvalue weighted by molar-refractivity contribution is -0.386. The van der Waals surface area contributed by atoms with Crippen molar-refractivity contribution in [3.8, 4) is 0 Å². The standard InChI is InChI=1S/C8H6ClNO4/c9-8(12)7(11)5-3-1-2-4-6(5)10(13)14/h1-4,7,11H. The van der Waals surface area contributed by atoms with Gasteiger partial charge in [0.05, 0.1) is 10.5 Å². The van der Waals surface area contributed by atoms with Crippen molar-refractivity contribution in [3.05, 3.63) is 39.9 Å². The van der Waals surface area contributed by atoms with E-state index in [1.165, 1.54) is 24.3 Å². The molecule has 0 fully saturated rings. The third-order valence-electron chi connectivity index (χ3n) is 1.64. The van der Waals surface area contributed by atoms with E-state index in [0.717, 1.165) is 0 Å². The van der Waals surface area contributed by atoms with E-state index in [4.69, 9.17) is 11.6 Å². The molecule has 0 aliphatic rings. The summed E-state index contributed by atoms with van der Waals surface area (Å²) in [7, 11) is 0. The van der Waals surface area contributed by atoms with Crippen LogP contribution in [-0.2, 0) is 4.79 Å². The SMILES string of the molecule is O=C(Cl)C(O)c1ccccc1[N+](=O)[O-]. The van der Waals surface area contributed by atoms with Crippen molar-refractivity contribution in [1.29, 1.82) is 0 Å². The van der Waals surface area contributed by atoms with Crippen molar-refractivity contribution in [1.82, 2.24) is 0 Å². The molecule has 0 aliphatic carbocycles. The Balaban J connectivity index is 3.19. The molecular weight excluding hydrogens is 210 g/mol. The number of benzene rings is 1. The van der Waals surface area contributed by atoms with Crippen LogP contribution in [0.5, 0.6) is 0 Å². The fourth-order valence-electron chi connectivity index (χ4n) is 1.01. The quantitative estimate of drug-likeness (QED) is 0.469. The van der Waals surface area contributed by atoms with Gasteiger partial charge >= 0.3 is 0 Å². The topological polar surface area (TPSA) is 80.4 Å². The lowest BCUT2D eigenvalue weighted by atomic mass is 10.1. The van der Waals surface area contributed by atoms with E-state index in [1.807, 2.05) is 0 Å². The maximum Gasteiger partial charge on any atom is 0.275 e. The summed E-state index contributed by atoms with van der Waals surface area (Å²) in [6.07, 6.45) is -1.65. The Kier molecular flexibility index (Phi) is 3.16. The van der Waals surface area contributed by atoms with E-state index in [9.17, 15) is 20.0 Å². The molecule has 0 spiro atoms. The highest BCUT2D eigenvalue weighted by Gasteiger charge is 2.23. The average Bonchev–Trinajstić information content (AvgIpc) is 2.16. The van der Waals surface area contributed by atoms with Crippen LogP contribution in [-0.4, -0.2) is 15.3 Å². The monoisotopic (exact) mass is 215 g/mol. The third kappa shape index (κ3) is 2.07. The van der Waals surface area contributed by atoms with Gasteiger partial charge in [-0.1, -0.05) is 12.1 Å². The highest BCUT2D eigenvalue weighted by Crippen LogP contribution is 2.25. The number of rotatable bonds is 3. The molecule has 0 radical (unpaired) electrons. The number of hydrogen-bond donors (Lipinski definition) is 1. The van der Waals surface area contributed by atoms with Crippen LogP contribution in [0, 0.1) is 10.1 Å². The summed E-state index contributed by atoms with van der Waals surface area (Å²) < 4.78 is 0. The zero-order valence-corrected chi connectivity index (χ0v) is 7.64. The molecule has 1 aromatic rings. The molecule has 5 nitrogen and oxygen atoms in total. The molecule has 74 valence electrons. The molecular formula is C8H6ClNO4. The number of para-hydroxylation sites is 1. The normalized spacial score (nSPS) is 12.1. The number of nitrogens with zero attached hydrogens (tertiary/aromatic N) is 1. The van der Waals surface area contributed by atoms with Gasteiger partial charge in [-0.05, 0) is 17.7 Å². The van der Waals surface area contributed by atoms with Crippen molar-refractivity contribution < 1.29 is 14.8 Å². The van der Waals surface area contributed by atoms with Gasteiger partial charge in [0.1, 0.15) is 0 Å². The maximum atomic E-state index is 10.6. The first-order valence-electron chi connectivity index (χ1n) is 3.64. The smallest absolute Gasteiger partial charge is 0.275 e. The van der Waals surface area contributed by atoms with Gasteiger partial charge in [0.15, 0.2) is 6.10 Å². The molecule has 0 saturated carbocycles. The van der Waals surface area contributed by atoms with Gasteiger partial charge in [0.2, 0.25) is 0 Å². The Morgan fingerprint density at radius 2 is 2.07 bits per heavy atom. The van der Waals surface area contributed by atoms with Gasteiger partial charge in [-0.15, -0.1) is 0 Å². The van der Waals surface area contributed by atoms with E-state index in [1.54, 1.807) is 0 Å². The average molecular weight is 216 g/mol. The molecule has 6 heteroatoms. The lowest BCUT2D eigenvalue weighted by Gasteiger charge is -2.05.